The van der Waals surface area contributed by atoms with Gasteiger partial charge in [-0.25, -0.2) is 0 Å². The van der Waals surface area contributed by atoms with Crippen LogP contribution in [0.15, 0.2) is 36.4 Å². The number of benzene rings is 2. The number of phenolic OH excluding ortho intramolecular Hbond substituents is 1. The van der Waals surface area contributed by atoms with Crippen molar-refractivity contribution in [3.8, 4) is 23.0 Å². The van der Waals surface area contributed by atoms with Gasteiger partial charge in [0.05, 0.1) is 40.1 Å². The highest BCUT2D eigenvalue weighted by molar-refractivity contribution is 5.44. The SMILES string of the molecule is COc1cc(CC2COCC2C(O)c2ccc(O[C@@H]3O[C@H](CO)[C@@H](O)[C@H](O)[C@H]3O)c(OC)c2)ccc1O. The van der Waals surface area contributed by atoms with Crippen molar-refractivity contribution in [2.45, 2.75) is 43.2 Å². The Morgan fingerprint density at radius 3 is 2.38 bits per heavy atom. The van der Waals surface area contributed by atoms with Crippen LogP contribution in [0.1, 0.15) is 17.2 Å². The molecular weight excluding hydrogens is 488 g/mol. The predicted molar refractivity (Wildman–Crippen MR) is 129 cm³/mol. The fourth-order valence-corrected chi connectivity index (χ4v) is 4.83. The van der Waals surface area contributed by atoms with E-state index in [9.17, 15) is 30.6 Å². The van der Waals surface area contributed by atoms with Gasteiger partial charge in [-0.15, -0.1) is 0 Å². The molecule has 0 aromatic heterocycles. The van der Waals surface area contributed by atoms with Crippen LogP contribution in [-0.2, 0) is 15.9 Å². The number of aromatic hydroxyl groups is 1. The van der Waals surface area contributed by atoms with E-state index in [4.69, 9.17) is 23.7 Å². The van der Waals surface area contributed by atoms with Crippen LogP contribution in [0.3, 0.4) is 0 Å². The molecule has 0 bridgehead atoms. The van der Waals surface area contributed by atoms with E-state index in [2.05, 4.69) is 0 Å². The molecule has 2 aromatic carbocycles. The third kappa shape index (κ3) is 5.78. The van der Waals surface area contributed by atoms with Gasteiger partial charge in [0.1, 0.15) is 24.4 Å². The highest BCUT2D eigenvalue weighted by atomic mass is 16.7. The zero-order valence-corrected chi connectivity index (χ0v) is 20.6. The molecule has 2 saturated heterocycles. The average molecular weight is 523 g/mol. The van der Waals surface area contributed by atoms with Crippen LogP contribution in [0.5, 0.6) is 23.0 Å². The van der Waals surface area contributed by atoms with Crippen molar-refractivity contribution in [1.29, 1.82) is 0 Å². The van der Waals surface area contributed by atoms with Gasteiger partial charge in [0.25, 0.3) is 0 Å². The summed E-state index contributed by atoms with van der Waals surface area (Å²) in [6.45, 7) is 0.265. The van der Waals surface area contributed by atoms with Crippen molar-refractivity contribution in [2.24, 2.45) is 11.8 Å². The second-order valence-electron chi connectivity index (χ2n) is 9.34. The standard InChI is InChI=1S/C26H34O11/c1-33-19-8-13(3-5-17(19)28)7-15-11-35-12-16(15)22(29)14-4-6-18(20(9-14)34-2)36-26-25(32)24(31)23(30)21(10-27)37-26/h3-6,8-9,15-16,21-32H,7,10-12H2,1-2H3/t15?,16?,21-,22?,23-,24+,25-,26-/m1/s1. The lowest BCUT2D eigenvalue weighted by molar-refractivity contribution is -0.277. The molecule has 2 aromatic rings. The predicted octanol–water partition coefficient (Wildman–Crippen LogP) is 0.127. The summed E-state index contributed by atoms with van der Waals surface area (Å²) in [6, 6.07) is 9.98. The van der Waals surface area contributed by atoms with Gasteiger partial charge in [0.2, 0.25) is 6.29 Å². The van der Waals surface area contributed by atoms with E-state index in [1.54, 1.807) is 30.3 Å². The van der Waals surface area contributed by atoms with Gasteiger partial charge < -0.3 is 54.3 Å². The highest BCUT2D eigenvalue weighted by Crippen LogP contribution is 2.39. The first-order valence-corrected chi connectivity index (χ1v) is 12.0. The van der Waals surface area contributed by atoms with Crippen molar-refractivity contribution in [3.05, 3.63) is 47.5 Å². The average Bonchev–Trinajstić information content (AvgIpc) is 3.37. The minimum atomic E-state index is -1.57. The molecule has 0 amide bonds. The van der Waals surface area contributed by atoms with Gasteiger partial charge in [0, 0.05) is 5.92 Å². The minimum absolute atomic E-state index is 0.0142. The number of phenols is 1. The third-order valence-electron chi connectivity index (χ3n) is 7.02. The van der Waals surface area contributed by atoms with E-state index in [1.165, 1.54) is 14.2 Å². The summed E-state index contributed by atoms with van der Waals surface area (Å²) in [5, 5.41) is 60.7. The molecule has 2 fully saturated rings. The number of hydrogen-bond donors (Lipinski definition) is 6. The lowest BCUT2D eigenvalue weighted by atomic mass is 9.83. The summed E-state index contributed by atoms with van der Waals surface area (Å²) in [5.41, 5.74) is 1.52. The Hall–Kier alpha value is -2.64. The first-order valence-electron chi connectivity index (χ1n) is 12.0. The minimum Gasteiger partial charge on any atom is -0.504 e. The molecule has 2 heterocycles. The fourth-order valence-electron chi connectivity index (χ4n) is 4.83. The first kappa shape index (κ1) is 27.4. The Labute approximate surface area is 214 Å². The molecule has 2 aliphatic heterocycles. The summed E-state index contributed by atoms with van der Waals surface area (Å²) in [7, 11) is 2.91. The van der Waals surface area contributed by atoms with Gasteiger partial charge in [-0.1, -0.05) is 12.1 Å². The molecule has 3 unspecified atom stereocenters. The van der Waals surface area contributed by atoms with Crippen LogP contribution in [0.25, 0.3) is 0 Å². The number of aliphatic hydroxyl groups is 5. The summed E-state index contributed by atoms with van der Waals surface area (Å²) in [4.78, 5) is 0. The second kappa shape index (κ2) is 11.8. The van der Waals surface area contributed by atoms with E-state index in [1.807, 2.05) is 6.07 Å². The third-order valence-corrected chi connectivity index (χ3v) is 7.02. The Balaban J connectivity index is 1.48. The summed E-state index contributed by atoms with van der Waals surface area (Å²) < 4.78 is 27.4. The number of rotatable bonds is 9. The maximum atomic E-state index is 11.2. The molecule has 204 valence electrons. The van der Waals surface area contributed by atoms with E-state index in [0.717, 1.165) is 5.56 Å². The van der Waals surface area contributed by atoms with Gasteiger partial charge >= 0.3 is 0 Å². The summed E-state index contributed by atoms with van der Waals surface area (Å²) >= 11 is 0. The lowest BCUT2D eigenvalue weighted by Gasteiger charge is -2.39. The molecule has 2 aliphatic rings. The molecule has 11 heteroatoms. The molecular formula is C26H34O11. The smallest absolute Gasteiger partial charge is 0.229 e. The molecule has 0 aliphatic carbocycles. The van der Waals surface area contributed by atoms with Crippen molar-refractivity contribution in [2.75, 3.05) is 34.0 Å². The Morgan fingerprint density at radius 1 is 0.919 bits per heavy atom. The van der Waals surface area contributed by atoms with Crippen molar-refractivity contribution in [1.82, 2.24) is 0 Å². The highest BCUT2D eigenvalue weighted by Gasteiger charge is 2.45. The largest absolute Gasteiger partial charge is 0.504 e. The van der Waals surface area contributed by atoms with E-state index >= 15 is 0 Å². The van der Waals surface area contributed by atoms with Crippen molar-refractivity contribution >= 4 is 0 Å². The van der Waals surface area contributed by atoms with Gasteiger partial charge in [0.15, 0.2) is 23.0 Å². The summed E-state index contributed by atoms with van der Waals surface area (Å²) in [6.07, 6.45) is -7.37. The second-order valence-corrected chi connectivity index (χ2v) is 9.34. The normalized spacial score (nSPS) is 30.6. The lowest BCUT2D eigenvalue weighted by Crippen LogP contribution is -2.60. The van der Waals surface area contributed by atoms with Gasteiger partial charge in [-0.05, 0) is 47.7 Å². The van der Waals surface area contributed by atoms with E-state index in [0.29, 0.717) is 30.9 Å². The van der Waals surface area contributed by atoms with E-state index < -0.39 is 43.4 Å². The van der Waals surface area contributed by atoms with Gasteiger partial charge in [-0.3, -0.25) is 0 Å². The fraction of sp³-hybridized carbons (Fsp3) is 0.538. The topological polar surface area (TPSA) is 168 Å². The van der Waals surface area contributed by atoms with Crippen LogP contribution in [0.4, 0.5) is 0 Å². The Morgan fingerprint density at radius 2 is 1.68 bits per heavy atom. The van der Waals surface area contributed by atoms with Crippen LogP contribution in [-0.4, -0.2) is 95.4 Å². The first-order chi connectivity index (χ1) is 17.8. The van der Waals surface area contributed by atoms with Crippen molar-refractivity contribution < 1.29 is 54.3 Å². The van der Waals surface area contributed by atoms with Gasteiger partial charge in [-0.2, -0.15) is 0 Å². The van der Waals surface area contributed by atoms with Crippen molar-refractivity contribution in [3.63, 3.8) is 0 Å². The summed E-state index contributed by atoms with van der Waals surface area (Å²) in [5.74, 6) is 0.685. The molecule has 6 N–H and O–H groups in total. The number of hydrogen-bond acceptors (Lipinski definition) is 11. The molecule has 0 spiro atoms. The van der Waals surface area contributed by atoms with Crippen LogP contribution < -0.4 is 14.2 Å². The van der Waals surface area contributed by atoms with E-state index in [-0.39, 0.29) is 29.1 Å². The molecule has 37 heavy (non-hydrogen) atoms. The zero-order chi connectivity index (χ0) is 26.7. The monoisotopic (exact) mass is 522 g/mol. The number of ether oxygens (including phenoxy) is 5. The van der Waals surface area contributed by atoms with Crippen LogP contribution in [0, 0.1) is 11.8 Å². The number of aliphatic hydroxyl groups excluding tert-OH is 5. The zero-order valence-electron chi connectivity index (χ0n) is 20.6. The van der Waals surface area contributed by atoms with Crippen LogP contribution >= 0.6 is 0 Å². The molecule has 4 rings (SSSR count). The molecule has 0 radical (unpaired) electrons. The maximum absolute atomic E-state index is 11.2. The quantitative estimate of drug-likeness (QED) is 0.265. The van der Waals surface area contributed by atoms with Crippen LogP contribution in [0.2, 0.25) is 0 Å². The Kier molecular flexibility index (Phi) is 8.75. The number of methoxy groups -OCH3 is 2. The molecule has 0 saturated carbocycles. The molecule has 11 nitrogen and oxygen atoms in total. The Bertz CT molecular complexity index is 1050. The maximum Gasteiger partial charge on any atom is 0.229 e. The molecule has 8 atom stereocenters.